The van der Waals surface area contributed by atoms with Crippen LogP contribution >= 0.6 is 21.5 Å². The zero-order valence-corrected chi connectivity index (χ0v) is 6.44. The van der Waals surface area contributed by atoms with Crippen molar-refractivity contribution >= 4 is 21.5 Å². The zero-order chi connectivity index (χ0) is 5.86. The van der Waals surface area contributed by atoms with Gasteiger partial charge < -0.3 is 0 Å². The summed E-state index contributed by atoms with van der Waals surface area (Å²) in [5.74, 6) is 0. The molecule has 0 rings (SSSR count). The standard InChI is InChI=1S/C3H11N2PS/c1-3(7)5(2)6-4/h3,6-7H,4H2,1-2H3. The van der Waals surface area contributed by atoms with Gasteiger partial charge in [-0.3, -0.25) is 10.2 Å². The van der Waals surface area contributed by atoms with Crippen molar-refractivity contribution in [3.8, 4) is 0 Å². The summed E-state index contributed by atoms with van der Waals surface area (Å²) >= 11 is 4.13. The lowest BCUT2D eigenvalue weighted by Crippen LogP contribution is -2.16. The van der Waals surface area contributed by atoms with Gasteiger partial charge in [-0.1, -0.05) is 0 Å². The van der Waals surface area contributed by atoms with E-state index < -0.39 is 0 Å². The first kappa shape index (κ1) is 7.70. The van der Waals surface area contributed by atoms with Gasteiger partial charge in [-0.25, -0.2) is 0 Å². The third-order valence-electron chi connectivity index (χ3n) is 0.764. The van der Waals surface area contributed by atoms with E-state index in [1.54, 1.807) is 0 Å². The highest BCUT2D eigenvalue weighted by Gasteiger charge is 1.97. The van der Waals surface area contributed by atoms with Crippen molar-refractivity contribution in [2.75, 3.05) is 7.05 Å². The van der Waals surface area contributed by atoms with Crippen LogP contribution in [0, 0.1) is 0 Å². The Kier molecular flexibility index (Phi) is 4.04. The monoisotopic (exact) mass is 138 g/mol. The second-order valence-corrected chi connectivity index (χ2v) is 3.08. The highest BCUT2D eigenvalue weighted by Crippen LogP contribution is 2.11. The van der Waals surface area contributed by atoms with E-state index in [2.05, 4.69) is 12.6 Å². The molecule has 2 N–H and O–H groups in total. The van der Waals surface area contributed by atoms with E-state index in [9.17, 15) is 0 Å². The maximum atomic E-state index is 5.28. The Balaban J connectivity index is 3.14. The molecule has 0 aliphatic carbocycles. The molecule has 0 aliphatic rings. The van der Waals surface area contributed by atoms with Crippen LogP contribution in [-0.2, 0) is 0 Å². The maximum Gasteiger partial charge on any atom is 0.0541 e. The van der Waals surface area contributed by atoms with Crippen LogP contribution in [0.3, 0.4) is 0 Å². The lowest BCUT2D eigenvalue weighted by Gasteiger charge is -2.15. The molecular weight excluding hydrogens is 127 g/mol. The quantitative estimate of drug-likeness (QED) is 0.333. The minimum atomic E-state index is 0.281. The topological polar surface area (TPSA) is 29.3 Å². The van der Waals surface area contributed by atoms with Gasteiger partial charge in [-0.15, -0.1) is 0 Å². The molecule has 0 radical (unpaired) electrons. The van der Waals surface area contributed by atoms with E-state index in [1.807, 2.05) is 18.6 Å². The third-order valence-corrected chi connectivity index (χ3v) is 2.12. The van der Waals surface area contributed by atoms with E-state index in [4.69, 9.17) is 5.50 Å². The van der Waals surface area contributed by atoms with Gasteiger partial charge in [0.2, 0.25) is 0 Å². The van der Waals surface area contributed by atoms with Gasteiger partial charge >= 0.3 is 0 Å². The Morgan fingerprint density at radius 3 is 2.29 bits per heavy atom. The van der Waals surface area contributed by atoms with Crippen molar-refractivity contribution in [2.24, 2.45) is 5.50 Å². The van der Waals surface area contributed by atoms with E-state index >= 15 is 0 Å². The van der Waals surface area contributed by atoms with Crippen LogP contribution in [0.15, 0.2) is 0 Å². The Hall–Kier alpha value is 0.700. The van der Waals surface area contributed by atoms with Crippen molar-refractivity contribution in [1.29, 1.82) is 0 Å². The number of nitrogens with zero attached hydrogens (tertiary/aromatic N) is 1. The molecule has 2 nitrogen and oxygen atoms in total. The molecule has 0 bridgehead atoms. The molecule has 0 spiro atoms. The molecule has 2 atom stereocenters. The second-order valence-electron chi connectivity index (χ2n) is 1.37. The summed E-state index contributed by atoms with van der Waals surface area (Å²) in [6, 6.07) is 0. The first-order valence-corrected chi connectivity index (χ1v) is 3.59. The third kappa shape index (κ3) is 3.30. The van der Waals surface area contributed by atoms with Crippen molar-refractivity contribution < 1.29 is 0 Å². The SMILES string of the molecule is CC(S)N(C)PN. The highest BCUT2D eigenvalue weighted by atomic mass is 32.1. The summed E-state index contributed by atoms with van der Waals surface area (Å²) < 4.78 is 1.96. The van der Waals surface area contributed by atoms with Crippen LogP contribution in [0.5, 0.6) is 0 Å². The summed E-state index contributed by atoms with van der Waals surface area (Å²) in [6.07, 6.45) is 0. The summed E-state index contributed by atoms with van der Waals surface area (Å²) in [5.41, 5.74) is 5.28. The molecule has 7 heavy (non-hydrogen) atoms. The largest absolute Gasteiger partial charge is 0.300 e. The molecule has 0 saturated carbocycles. The van der Waals surface area contributed by atoms with Crippen molar-refractivity contribution in [3.63, 3.8) is 0 Å². The summed E-state index contributed by atoms with van der Waals surface area (Å²) in [4.78, 5) is 0. The second kappa shape index (κ2) is 3.67. The van der Waals surface area contributed by atoms with Crippen LogP contribution < -0.4 is 5.50 Å². The van der Waals surface area contributed by atoms with Crippen LogP contribution in [-0.4, -0.2) is 17.1 Å². The number of thiol groups is 1. The van der Waals surface area contributed by atoms with E-state index in [-0.39, 0.29) is 5.37 Å². The zero-order valence-electron chi connectivity index (χ0n) is 4.55. The summed E-state index contributed by atoms with van der Waals surface area (Å²) in [6.45, 7) is 1.99. The summed E-state index contributed by atoms with van der Waals surface area (Å²) in [7, 11) is 2.31. The number of rotatable bonds is 2. The number of hydrogen-bond donors (Lipinski definition) is 2. The molecular formula is C3H11N2PS. The Morgan fingerprint density at radius 1 is 1.86 bits per heavy atom. The molecule has 0 heterocycles. The fraction of sp³-hybridized carbons (Fsp3) is 1.00. The molecule has 2 unspecified atom stereocenters. The molecule has 0 aromatic carbocycles. The fourth-order valence-corrected chi connectivity index (χ4v) is 0.524. The Labute approximate surface area is 51.8 Å². The minimum Gasteiger partial charge on any atom is -0.300 e. The van der Waals surface area contributed by atoms with Gasteiger partial charge in [0, 0.05) is 8.88 Å². The van der Waals surface area contributed by atoms with Crippen molar-refractivity contribution in [2.45, 2.75) is 12.3 Å². The van der Waals surface area contributed by atoms with E-state index in [0.717, 1.165) is 0 Å². The molecule has 0 fully saturated rings. The van der Waals surface area contributed by atoms with Gasteiger partial charge in [0.15, 0.2) is 0 Å². The highest BCUT2D eigenvalue weighted by molar-refractivity contribution is 7.81. The molecule has 0 amide bonds. The van der Waals surface area contributed by atoms with Crippen LogP contribution in [0.4, 0.5) is 0 Å². The van der Waals surface area contributed by atoms with Gasteiger partial charge in [-0.2, -0.15) is 12.6 Å². The Bertz CT molecular complexity index is 50.2. The molecule has 4 heteroatoms. The first-order chi connectivity index (χ1) is 3.18. The molecule has 44 valence electrons. The van der Waals surface area contributed by atoms with Gasteiger partial charge in [0.25, 0.3) is 0 Å². The van der Waals surface area contributed by atoms with E-state index in [1.165, 1.54) is 0 Å². The average molecular weight is 138 g/mol. The average Bonchev–Trinajstić information content (AvgIpc) is 1.65. The van der Waals surface area contributed by atoms with E-state index in [0.29, 0.717) is 8.88 Å². The van der Waals surface area contributed by atoms with Gasteiger partial charge in [0.1, 0.15) is 0 Å². The predicted octanol–water partition coefficient (Wildman–Crippen LogP) is 0.661. The Morgan fingerprint density at radius 2 is 2.29 bits per heavy atom. The molecule has 0 aromatic heterocycles. The first-order valence-electron chi connectivity index (χ1n) is 2.05. The number of nitrogens with two attached hydrogens (primary N) is 1. The normalized spacial score (nSPS) is 16.7. The lowest BCUT2D eigenvalue weighted by molar-refractivity contribution is 0.555. The van der Waals surface area contributed by atoms with Crippen molar-refractivity contribution in [1.82, 2.24) is 4.67 Å². The molecule has 0 aliphatic heterocycles. The smallest absolute Gasteiger partial charge is 0.0541 e. The minimum absolute atomic E-state index is 0.281. The van der Waals surface area contributed by atoms with Gasteiger partial charge in [-0.05, 0) is 14.0 Å². The van der Waals surface area contributed by atoms with Crippen LogP contribution in [0.2, 0.25) is 0 Å². The van der Waals surface area contributed by atoms with Crippen molar-refractivity contribution in [3.05, 3.63) is 0 Å². The lowest BCUT2D eigenvalue weighted by atomic mass is 10.8. The molecule has 0 saturated heterocycles. The molecule has 0 aromatic rings. The summed E-state index contributed by atoms with van der Waals surface area (Å²) in [5, 5.41) is 0.281. The fourth-order valence-electron chi connectivity index (χ4n) is 0.108. The van der Waals surface area contributed by atoms with Crippen LogP contribution in [0.1, 0.15) is 6.92 Å². The number of hydrogen-bond acceptors (Lipinski definition) is 3. The van der Waals surface area contributed by atoms with Gasteiger partial charge in [0.05, 0.1) is 5.37 Å². The van der Waals surface area contributed by atoms with Crippen LogP contribution in [0.25, 0.3) is 0 Å². The maximum absolute atomic E-state index is 5.28. The predicted molar refractivity (Wildman–Crippen MR) is 38.7 cm³/mol.